The molecule has 1 aromatic carbocycles. The molecule has 0 spiro atoms. The number of rotatable bonds is 4. The monoisotopic (exact) mass is 351 g/mol. The summed E-state index contributed by atoms with van der Waals surface area (Å²) in [5.74, 6) is -1.66. The Morgan fingerprint density at radius 1 is 1.33 bits per heavy atom. The zero-order valence-corrected chi connectivity index (χ0v) is 14.0. The number of methoxy groups -OCH3 is 2. The van der Waals surface area contributed by atoms with Crippen LogP contribution in [0.2, 0.25) is 5.02 Å². The molecular weight excluding hydrogens is 337 g/mol. The quantitative estimate of drug-likeness (QED) is 0.850. The molecule has 6 nitrogen and oxygen atoms in total. The number of nitrogens with zero attached hydrogens (tertiary/aromatic N) is 2. The summed E-state index contributed by atoms with van der Waals surface area (Å²) >= 11 is 5.88. The lowest BCUT2D eigenvalue weighted by molar-refractivity contribution is 0.0593. The van der Waals surface area contributed by atoms with Gasteiger partial charge in [-0.15, -0.1) is 0 Å². The number of nitrogens with two attached hydrogens (primary N) is 1. The van der Waals surface area contributed by atoms with Crippen LogP contribution < -0.4 is 10.5 Å². The van der Waals surface area contributed by atoms with Crippen molar-refractivity contribution < 1.29 is 18.7 Å². The lowest BCUT2D eigenvalue weighted by atomic mass is 10.1. The molecule has 2 rings (SSSR count). The minimum atomic E-state index is -0.751. The molecule has 0 amide bonds. The molecule has 126 valence electrons. The number of hydrogen-bond donors (Lipinski definition) is 1. The Kier molecular flexibility index (Phi) is 5.35. The van der Waals surface area contributed by atoms with E-state index in [0.717, 1.165) is 0 Å². The molecule has 0 atom stereocenters. The number of allylic oxidation sites excluding steroid dienone is 1. The van der Waals surface area contributed by atoms with Gasteiger partial charge in [0.2, 0.25) is 0 Å². The molecule has 0 aliphatic rings. The lowest BCUT2D eigenvalue weighted by Gasteiger charge is -2.11. The molecule has 0 aliphatic carbocycles. The van der Waals surface area contributed by atoms with Gasteiger partial charge in [0.05, 0.1) is 24.8 Å². The van der Waals surface area contributed by atoms with E-state index in [1.807, 2.05) is 0 Å². The van der Waals surface area contributed by atoms with Gasteiger partial charge in [0.15, 0.2) is 23.1 Å². The van der Waals surface area contributed by atoms with Gasteiger partial charge in [0.1, 0.15) is 5.82 Å². The summed E-state index contributed by atoms with van der Waals surface area (Å²) in [6, 6.07) is 2.82. The van der Waals surface area contributed by atoms with Gasteiger partial charge < -0.3 is 15.2 Å². The number of esters is 1. The van der Waals surface area contributed by atoms with Crippen LogP contribution in [0.4, 0.5) is 10.2 Å². The fourth-order valence-electron chi connectivity index (χ4n) is 2.08. The average molecular weight is 352 g/mol. The molecule has 0 unspecified atom stereocenters. The Hall–Kier alpha value is -2.67. The summed E-state index contributed by atoms with van der Waals surface area (Å²) in [5.41, 5.74) is 6.14. The molecule has 0 saturated carbocycles. The Balaban J connectivity index is 2.73. The first-order valence-electron chi connectivity index (χ1n) is 6.85. The van der Waals surface area contributed by atoms with E-state index < -0.39 is 11.8 Å². The number of benzene rings is 1. The van der Waals surface area contributed by atoms with Crippen LogP contribution >= 0.6 is 11.6 Å². The summed E-state index contributed by atoms with van der Waals surface area (Å²) in [6.07, 6.45) is 3.25. The molecule has 0 aliphatic heterocycles. The Morgan fingerprint density at radius 2 is 2.04 bits per heavy atom. The van der Waals surface area contributed by atoms with Gasteiger partial charge >= 0.3 is 5.97 Å². The third-order valence-corrected chi connectivity index (χ3v) is 3.48. The standard InChI is InChI=1S/C16H15ClFN3O3/c1-4-5-9-12(16(22)24-3)20-15(21-14(9)19)8-6-7-10(17)13(23-2)11(8)18/h4-7H,1-3H3,(H2,19,20,21)/b5-4-. The molecule has 24 heavy (non-hydrogen) atoms. The molecule has 0 radical (unpaired) electrons. The lowest BCUT2D eigenvalue weighted by Crippen LogP contribution is -2.12. The predicted octanol–water partition coefficient (Wildman–Crippen LogP) is 3.35. The number of halogens is 2. The number of anilines is 1. The summed E-state index contributed by atoms with van der Waals surface area (Å²) in [4.78, 5) is 20.1. The largest absolute Gasteiger partial charge is 0.492 e. The topological polar surface area (TPSA) is 87.3 Å². The second-order valence-corrected chi connectivity index (χ2v) is 5.04. The van der Waals surface area contributed by atoms with Gasteiger partial charge in [-0.05, 0) is 19.1 Å². The van der Waals surface area contributed by atoms with E-state index in [1.54, 1.807) is 19.1 Å². The van der Waals surface area contributed by atoms with Crippen LogP contribution in [0.25, 0.3) is 17.5 Å². The van der Waals surface area contributed by atoms with Crippen LogP contribution in [0.1, 0.15) is 23.0 Å². The Bertz CT molecular complexity index is 825. The van der Waals surface area contributed by atoms with Gasteiger partial charge in [-0.25, -0.2) is 19.2 Å². The van der Waals surface area contributed by atoms with Crippen molar-refractivity contribution in [1.29, 1.82) is 0 Å². The number of carbonyl (C=O) groups is 1. The highest BCUT2D eigenvalue weighted by atomic mass is 35.5. The highest BCUT2D eigenvalue weighted by molar-refractivity contribution is 6.32. The molecule has 0 saturated heterocycles. The van der Waals surface area contributed by atoms with Gasteiger partial charge in [-0.2, -0.15) is 0 Å². The van der Waals surface area contributed by atoms with E-state index >= 15 is 0 Å². The van der Waals surface area contributed by atoms with Crippen molar-refractivity contribution in [2.75, 3.05) is 20.0 Å². The smallest absolute Gasteiger partial charge is 0.357 e. The number of nitrogen functional groups attached to an aromatic ring is 1. The van der Waals surface area contributed by atoms with E-state index in [0.29, 0.717) is 5.56 Å². The fraction of sp³-hybridized carbons (Fsp3) is 0.188. The fourth-order valence-corrected chi connectivity index (χ4v) is 2.31. The zero-order chi connectivity index (χ0) is 17.9. The Labute approximate surface area is 143 Å². The van der Waals surface area contributed by atoms with E-state index in [1.165, 1.54) is 26.4 Å². The third-order valence-electron chi connectivity index (χ3n) is 3.18. The molecule has 0 fully saturated rings. The van der Waals surface area contributed by atoms with Crippen LogP contribution in [0, 0.1) is 5.82 Å². The maximum absolute atomic E-state index is 14.6. The second-order valence-electron chi connectivity index (χ2n) is 4.63. The highest BCUT2D eigenvalue weighted by Gasteiger charge is 2.22. The average Bonchev–Trinajstić information content (AvgIpc) is 2.56. The molecule has 1 heterocycles. The van der Waals surface area contributed by atoms with Crippen LogP contribution in [-0.2, 0) is 4.74 Å². The predicted molar refractivity (Wildman–Crippen MR) is 89.4 cm³/mol. The van der Waals surface area contributed by atoms with Gasteiger partial charge in [-0.1, -0.05) is 23.8 Å². The first-order chi connectivity index (χ1) is 11.4. The molecule has 0 bridgehead atoms. The minimum Gasteiger partial charge on any atom is -0.492 e. The number of ether oxygens (including phenoxy) is 2. The van der Waals surface area contributed by atoms with Crippen LogP contribution in [0.3, 0.4) is 0 Å². The van der Waals surface area contributed by atoms with Crippen molar-refractivity contribution in [3.05, 3.63) is 40.3 Å². The molecule has 2 aromatic rings. The second kappa shape index (κ2) is 7.27. The normalized spacial score (nSPS) is 10.9. The van der Waals surface area contributed by atoms with Crippen molar-refractivity contribution in [1.82, 2.24) is 9.97 Å². The van der Waals surface area contributed by atoms with E-state index in [-0.39, 0.29) is 33.7 Å². The van der Waals surface area contributed by atoms with E-state index in [4.69, 9.17) is 26.8 Å². The third kappa shape index (κ3) is 3.16. The number of hydrogen-bond acceptors (Lipinski definition) is 6. The van der Waals surface area contributed by atoms with Gasteiger partial charge in [0.25, 0.3) is 0 Å². The van der Waals surface area contributed by atoms with Crippen molar-refractivity contribution in [3.8, 4) is 17.1 Å². The van der Waals surface area contributed by atoms with Crippen LogP contribution in [0.15, 0.2) is 18.2 Å². The van der Waals surface area contributed by atoms with Crippen LogP contribution in [-0.4, -0.2) is 30.2 Å². The van der Waals surface area contributed by atoms with Crippen molar-refractivity contribution in [3.63, 3.8) is 0 Å². The van der Waals surface area contributed by atoms with E-state index in [9.17, 15) is 9.18 Å². The van der Waals surface area contributed by atoms with E-state index in [2.05, 4.69) is 9.97 Å². The molecule has 8 heteroatoms. The maximum atomic E-state index is 14.6. The minimum absolute atomic E-state index is 0.000121. The SMILES string of the molecule is C/C=C\c1c(N)nc(-c2ccc(Cl)c(OC)c2F)nc1C(=O)OC. The Morgan fingerprint density at radius 3 is 2.62 bits per heavy atom. The summed E-state index contributed by atoms with van der Waals surface area (Å²) in [7, 11) is 2.50. The number of carbonyl (C=O) groups excluding carboxylic acids is 1. The van der Waals surface area contributed by atoms with Crippen molar-refractivity contribution >= 4 is 29.5 Å². The summed E-state index contributed by atoms with van der Waals surface area (Å²) in [6.45, 7) is 1.75. The first-order valence-corrected chi connectivity index (χ1v) is 7.23. The zero-order valence-electron chi connectivity index (χ0n) is 13.3. The molecular formula is C16H15ClFN3O3. The summed E-state index contributed by atoms with van der Waals surface area (Å²) < 4.78 is 24.2. The van der Waals surface area contributed by atoms with Gasteiger partial charge in [0, 0.05) is 5.56 Å². The van der Waals surface area contributed by atoms with Crippen molar-refractivity contribution in [2.45, 2.75) is 6.92 Å². The highest BCUT2D eigenvalue weighted by Crippen LogP contribution is 2.34. The summed E-state index contributed by atoms with van der Waals surface area (Å²) in [5, 5.41) is 0.102. The molecule has 2 N–H and O–H groups in total. The number of aromatic nitrogens is 2. The maximum Gasteiger partial charge on any atom is 0.357 e. The molecule has 1 aromatic heterocycles. The van der Waals surface area contributed by atoms with Crippen molar-refractivity contribution in [2.24, 2.45) is 0 Å². The van der Waals surface area contributed by atoms with Gasteiger partial charge in [-0.3, -0.25) is 0 Å². The van der Waals surface area contributed by atoms with Crippen LogP contribution in [0.5, 0.6) is 5.75 Å². The first kappa shape index (κ1) is 17.7.